The van der Waals surface area contributed by atoms with Crippen LogP contribution in [0, 0.1) is 6.92 Å². The molecule has 2 rings (SSSR count). The highest BCUT2D eigenvalue weighted by atomic mass is 16.5. The SMILES string of the molecule is COc1ccc(OC)c(NCCOc2ccccc2C)c1. The van der Waals surface area contributed by atoms with Crippen molar-refractivity contribution >= 4 is 5.69 Å². The number of hydrogen-bond acceptors (Lipinski definition) is 4. The Morgan fingerprint density at radius 2 is 1.76 bits per heavy atom. The van der Waals surface area contributed by atoms with Gasteiger partial charge in [0.1, 0.15) is 23.9 Å². The molecule has 0 spiro atoms. The van der Waals surface area contributed by atoms with Crippen molar-refractivity contribution in [2.24, 2.45) is 0 Å². The number of anilines is 1. The molecule has 2 aromatic carbocycles. The van der Waals surface area contributed by atoms with Crippen LogP contribution in [0.3, 0.4) is 0 Å². The molecule has 0 aliphatic carbocycles. The van der Waals surface area contributed by atoms with Crippen LogP contribution in [0.15, 0.2) is 42.5 Å². The predicted molar refractivity (Wildman–Crippen MR) is 84.7 cm³/mol. The fourth-order valence-corrected chi connectivity index (χ4v) is 2.02. The highest BCUT2D eigenvalue weighted by molar-refractivity contribution is 5.59. The molecule has 2 aromatic rings. The second kappa shape index (κ2) is 7.43. The number of nitrogens with one attached hydrogen (secondary N) is 1. The first-order valence-electron chi connectivity index (χ1n) is 6.89. The number of benzene rings is 2. The molecule has 0 radical (unpaired) electrons. The highest BCUT2D eigenvalue weighted by Crippen LogP contribution is 2.28. The molecule has 0 saturated carbocycles. The van der Waals surface area contributed by atoms with Crippen molar-refractivity contribution in [3.05, 3.63) is 48.0 Å². The zero-order chi connectivity index (χ0) is 15.1. The smallest absolute Gasteiger partial charge is 0.142 e. The summed E-state index contributed by atoms with van der Waals surface area (Å²) in [4.78, 5) is 0. The Morgan fingerprint density at radius 3 is 2.48 bits per heavy atom. The molecule has 4 heteroatoms. The maximum absolute atomic E-state index is 5.75. The zero-order valence-electron chi connectivity index (χ0n) is 12.7. The van der Waals surface area contributed by atoms with Gasteiger partial charge in [-0.15, -0.1) is 0 Å². The molecule has 0 saturated heterocycles. The van der Waals surface area contributed by atoms with Gasteiger partial charge in [-0.1, -0.05) is 18.2 Å². The number of ether oxygens (including phenoxy) is 3. The van der Waals surface area contributed by atoms with Gasteiger partial charge in [0.15, 0.2) is 0 Å². The summed E-state index contributed by atoms with van der Waals surface area (Å²) in [5.41, 5.74) is 2.03. The van der Waals surface area contributed by atoms with Crippen LogP contribution >= 0.6 is 0 Å². The van der Waals surface area contributed by atoms with E-state index < -0.39 is 0 Å². The lowest BCUT2D eigenvalue weighted by Gasteiger charge is -2.13. The molecule has 112 valence electrons. The Labute approximate surface area is 125 Å². The first-order chi connectivity index (χ1) is 10.2. The van der Waals surface area contributed by atoms with E-state index in [0.29, 0.717) is 13.2 Å². The monoisotopic (exact) mass is 287 g/mol. The van der Waals surface area contributed by atoms with Crippen LogP contribution in [0.4, 0.5) is 5.69 Å². The largest absolute Gasteiger partial charge is 0.497 e. The fourth-order valence-electron chi connectivity index (χ4n) is 2.02. The minimum atomic E-state index is 0.575. The van der Waals surface area contributed by atoms with Gasteiger partial charge in [0.2, 0.25) is 0 Å². The van der Waals surface area contributed by atoms with E-state index in [1.165, 1.54) is 0 Å². The number of aryl methyl sites for hydroxylation is 1. The van der Waals surface area contributed by atoms with Crippen molar-refractivity contribution in [2.75, 3.05) is 32.7 Å². The lowest BCUT2D eigenvalue weighted by atomic mass is 10.2. The average molecular weight is 287 g/mol. The van der Waals surface area contributed by atoms with Crippen LogP contribution < -0.4 is 19.5 Å². The third-order valence-corrected chi connectivity index (χ3v) is 3.18. The summed E-state index contributed by atoms with van der Waals surface area (Å²) < 4.78 is 16.3. The van der Waals surface area contributed by atoms with Gasteiger partial charge in [0.25, 0.3) is 0 Å². The van der Waals surface area contributed by atoms with Crippen LogP contribution in [-0.4, -0.2) is 27.4 Å². The Balaban J connectivity index is 1.90. The molecule has 0 heterocycles. The number of rotatable bonds is 7. The third kappa shape index (κ3) is 4.05. The first-order valence-corrected chi connectivity index (χ1v) is 6.89. The summed E-state index contributed by atoms with van der Waals surface area (Å²) in [6.45, 7) is 3.29. The molecule has 0 aliphatic heterocycles. The summed E-state index contributed by atoms with van der Waals surface area (Å²) in [5, 5.41) is 3.30. The molecule has 1 N–H and O–H groups in total. The van der Waals surface area contributed by atoms with Gasteiger partial charge in [0, 0.05) is 12.6 Å². The molecule has 0 unspecified atom stereocenters. The van der Waals surface area contributed by atoms with Gasteiger partial charge in [-0.05, 0) is 30.7 Å². The van der Waals surface area contributed by atoms with Crippen LogP contribution in [0.25, 0.3) is 0 Å². The second-order valence-electron chi connectivity index (χ2n) is 4.61. The van der Waals surface area contributed by atoms with Crippen molar-refractivity contribution in [3.8, 4) is 17.2 Å². The summed E-state index contributed by atoms with van der Waals surface area (Å²) in [6, 6.07) is 13.6. The van der Waals surface area contributed by atoms with E-state index in [1.54, 1.807) is 14.2 Å². The molecular formula is C17H21NO3. The highest BCUT2D eigenvalue weighted by Gasteiger charge is 2.04. The van der Waals surface area contributed by atoms with E-state index in [9.17, 15) is 0 Å². The topological polar surface area (TPSA) is 39.7 Å². The number of hydrogen-bond donors (Lipinski definition) is 1. The van der Waals surface area contributed by atoms with Crippen LogP contribution in [0.2, 0.25) is 0 Å². The van der Waals surface area contributed by atoms with Crippen molar-refractivity contribution in [3.63, 3.8) is 0 Å². The Kier molecular flexibility index (Phi) is 5.32. The van der Waals surface area contributed by atoms with Gasteiger partial charge in [-0.25, -0.2) is 0 Å². The van der Waals surface area contributed by atoms with Gasteiger partial charge < -0.3 is 19.5 Å². The van der Waals surface area contributed by atoms with Gasteiger partial charge in [-0.2, -0.15) is 0 Å². The second-order valence-corrected chi connectivity index (χ2v) is 4.61. The van der Waals surface area contributed by atoms with E-state index >= 15 is 0 Å². The standard InChI is InChI=1S/C17H21NO3/c1-13-6-4-5-7-16(13)21-11-10-18-15-12-14(19-2)8-9-17(15)20-3/h4-9,12,18H,10-11H2,1-3H3. The lowest BCUT2D eigenvalue weighted by Crippen LogP contribution is -2.12. The summed E-state index contributed by atoms with van der Waals surface area (Å²) in [7, 11) is 3.30. The van der Waals surface area contributed by atoms with E-state index in [-0.39, 0.29) is 0 Å². The van der Waals surface area contributed by atoms with Gasteiger partial charge in [-0.3, -0.25) is 0 Å². The molecule has 21 heavy (non-hydrogen) atoms. The Bertz CT molecular complexity index is 584. The van der Waals surface area contributed by atoms with Gasteiger partial charge in [0.05, 0.1) is 19.9 Å². The molecule has 0 bridgehead atoms. The van der Waals surface area contributed by atoms with E-state index in [1.807, 2.05) is 49.4 Å². The zero-order valence-corrected chi connectivity index (χ0v) is 12.7. The molecular weight excluding hydrogens is 266 g/mol. The molecule has 0 amide bonds. The molecule has 0 atom stereocenters. The van der Waals surface area contributed by atoms with Crippen LogP contribution in [0.5, 0.6) is 17.2 Å². The normalized spacial score (nSPS) is 10.0. The first kappa shape index (κ1) is 15.0. The number of para-hydroxylation sites is 1. The molecule has 0 aromatic heterocycles. The van der Waals surface area contributed by atoms with E-state index in [4.69, 9.17) is 14.2 Å². The van der Waals surface area contributed by atoms with Crippen molar-refractivity contribution < 1.29 is 14.2 Å². The van der Waals surface area contributed by atoms with E-state index in [0.717, 1.165) is 28.5 Å². The molecule has 0 fully saturated rings. The molecule has 0 aliphatic rings. The number of methoxy groups -OCH3 is 2. The minimum absolute atomic E-state index is 0.575. The van der Waals surface area contributed by atoms with Crippen LogP contribution in [-0.2, 0) is 0 Å². The predicted octanol–water partition coefficient (Wildman–Crippen LogP) is 3.50. The Hall–Kier alpha value is -2.36. The maximum Gasteiger partial charge on any atom is 0.142 e. The van der Waals surface area contributed by atoms with Crippen molar-refractivity contribution in [1.82, 2.24) is 0 Å². The van der Waals surface area contributed by atoms with E-state index in [2.05, 4.69) is 5.32 Å². The Morgan fingerprint density at radius 1 is 0.952 bits per heavy atom. The summed E-state index contributed by atoms with van der Waals surface area (Å²) in [6.07, 6.45) is 0. The quantitative estimate of drug-likeness (QED) is 0.791. The van der Waals surface area contributed by atoms with Gasteiger partial charge >= 0.3 is 0 Å². The minimum Gasteiger partial charge on any atom is -0.497 e. The average Bonchev–Trinajstić information content (AvgIpc) is 2.52. The summed E-state index contributed by atoms with van der Waals surface area (Å²) >= 11 is 0. The van der Waals surface area contributed by atoms with Crippen molar-refractivity contribution in [1.29, 1.82) is 0 Å². The lowest BCUT2D eigenvalue weighted by molar-refractivity contribution is 0.330. The van der Waals surface area contributed by atoms with Crippen molar-refractivity contribution in [2.45, 2.75) is 6.92 Å². The fraction of sp³-hybridized carbons (Fsp3) is 0.294. The maximum atomic E-state index is 5.75. The van der Waals surface area contributed by atoms with Crippen LogP contribution in [0.1, 0.15) is 5.56 Å². The third-order valence-electron chi connectivity index (χ3n) is 3.18. The molecule has 4 nitrogen and oxygen atoms in total. The summed E-state index contributed by atoms with van der Waals surface area (Å²) in [5.74, 6) is 2.49.